The van der Waals surface area contributed by atoms with Crippen molar-refractivity contribution >= 4 is 5.78 Å². The molecule has 2 aromatic carbocycles. The fourth-order valence-electron chi connectivity index (χ4n) is 5.64. The van der Waals surface area contributed by atoms with E-state index in [1.165, 1.54) is 11.1 Å². The van der Waals surface area contributed by atoms with Crippen molar-refractivity contribution in [2.75, 3.05) is 0 Å². The summed E-state index contributed by atoms with van der Waals surface area (Å²) in [5.74, 6) is -0.0247. The highest BCUT2D eigenvalue weighted by molar-refractivity contribution is 6.02. The lowest BCUT2D eigenvalue weighted by Crippen LogP contribution is -2.46. The van der Waals surface area contributed by atoms with Crippen molar-refractivity contribution < 1.29 is 4.79 Å². The van der Waals surface area contributed by atoms with Gasteiger partial charge >= 0.3 is 0 Å². The second-order valence-electron chi connectivity index (χ2n) is 8.94. The predicted molar refractivity (Wildman–Crippen MR) is 120 cm³/mol. The van der Waals surface area contributed by atoms with E-state index in [2.05, 4.69) is 41.9 Å². The summed E-state index contributed by atoms with van der Waals surface area (Å²) in [5.41, 5.74) is 5.59. The zero-order valence-electron chi connectivity index (χ0n) is 17.9. The molecule has 0 saturated carbocycles. The van der Waals surface area contributed by atoms with Gasteiger partial charge in [0, 0.05) is 22.5 Å². The molecule has 1 aromatic heterocycles. The topological polar surface area (TPSA) is 58.7 Å². The van der Waals surface area contributed by atoms with Crippen LogP contribution in [0.5, 0.6) is 0 Å². The summed E-state index contributed by atoms with van der Waals surface area (Å²) in [6.45, 7) is 4.83. The fourth-order valence-corrected chi connectivity index (χ4v) is 5.64. The van der Waals surface area contributed by atoms with Gasteiger partial charge in [0.2, 0.25) is 0 Å². The van der Waals surface area contributed by atoms with Gasteiger partial charge in [0.25, 0.3) is 0 Å². The van der Waals surface area contributed by atoms with Crippen LogP contribution in [0, 0.1) is 23.2 Å². The first-order valence-corrected chi connectivity index (χ1v) is 10.9. The van der Waals surface area contributed by atoms with Crippen LogP contribution < -0.4 is 0 Å². The maximum atomic E-state index is 12.8. The summed E-state index contributed by atoms with van der Waals surface area (Å²) in [5, 5.41) is 14.8. The quantitative estimate of drug-likeness (QED) is 0.608. The van der Waals surface area contributed by atoms with Crippen LogP contribution in [0.1, 0.15) is 37.1 Å². The first-order chi connectivity index (χ1) is 15.0. The molecule has 4 nitrogen and oxygen atoms in total. The van der Waals surface area contributed by atoms with E-state index in [4.69, 9.17) is 5.10 Å². The average molecular weight is 408 g/mol. The van der Waals surface area contributed by atoms with Crippen molar-refractivity contribution in [3.8, 4) is 17.3 Å². The highest BCUT2D eigenvalue weighted by atomic mass is 16.1. The molecule has 0 aliphatic heterocycles. The Bertz CT molecular complexity index is 1220. The number of Topliss-reactive ketones (excluding diaryl/α,β-unsaturated/α-hetero) is 1. The van der Waals surface area contributed by atoms with Gasteiger partial charge in [-0.3, -0.25) is 9.48 Å². The van der Waals surface area contributed by atoms with Crippen LogP contribution in [-0.2, 0) is 23.2 Å². The number of nitriles is 1. The van der Waals surface area contributed by atoms with Gasteiger partial charge in [-0.1, -0.05) is 80.6 Å². The van der Waals surface area contributed by atoms with E-state index in [0.29, 0.717) is 6.54 Å². The van der Waals surface area contributed by atoms with Gasteiger partial charge in [-0.2, -0.15) is 10.4 Å². The van der Waals surface area contributed by atoms with Gasteiger partial charge < -0.3 is 0 Å². The Hall–Kier alpha value is -3.45. The van der Waals surface area contributed by atoms with Crippen LogP contribution in [0.15, 0.2) is 72.3 Å². The van der Waals surface area contributed by atoms with E-state index in [-0.39, 0.29) is 23.2 Å². The van der Waals surface area contributed by atoms with Gasteiger partial charge in [-0.05, 0) is 24.3 Å². The predicted octanol–water partition coefficient (Wildman–Crippen LogP) is 5.09. The van der Waals surface area contributed by atoms with Crippen LogP contribution in [0.25, 0.3) is 11.3 Å². The number of aromatic nitrogens is 2. The summed E-state index contributed by atoms with van der Waals surface area (Å²) in [6.07, 6.45) is 3.74. The molecule has 5 rings (SSSR count). The number of hydrogen-bond donors (Lipinski definition) is 0. The van der Waals surface area contributed by atoms with E-state index < -0.39 is 5.41 Å². The summed E-state index contributed by atoms with van der Waals surface area (Å²) >= 11 is 0. The SMILES string of the molecule is C[C@H]1C(=O)C(C#N)=CC2(C)c3c(c(-c4ccccc4)nn3Cc3ccccc3)CC[C@H]12. The number of ketones is 1. The molecule has 0 fully saturated rings. The van der Waals surface area contributed by atoms with Gasteiger partial charge in [-0.25, -0.2) is 0 Å². The summed E-state index contributed by atoms with van der Waals surface area (Å²) < 4.78 is 2.12. The molecule has 0 spiro atoms. The second-order valence-corrected chi connectivity index (χ2v) is 8.94. The van der Waals surface area contributed by atoms with Gasteiger partial charge in [0.05, 0.1) is 23.5 Å². The minimum absolute atomic E-state index is 0.0224. The lowest BCUT2D eigenvalue weighted by atomic mass is 9.57. The molecule has 31 heavy (non-hydrogen) atoms. The summed E-state index contributed by atoms with van der Waals surface area (Å²) in [6, 6.07) is 22.8. The molecule has 0 saturated heterocycles. The number of allylic oxidation sites excluding steroid dienone is 2. The number of fused-ring (bicyclic) bond motifs is 3. The Kier molecular flexibility index (Phi) is 4.63. The Morgan fingerprint density at radius 1 is 1.13 bits per heavy atom. The number of carbonyl (C=O) groups is 1. The summed E-state index contributed by atoms with van der Waals surface area (Å²) in [4.78, 5) is 12.8. The third kappa shape index (κ3) is 3.04. The van der Waals surface area contributed by atoms with Gasteiger partial charge in [0.1, 0.15) is 6.07 Å². The third-order valence-corrected chi connectivity index (χ3v) is 7.11. The van der Waals surface area contributed by atoms with Gasteiger partial charge in [0.15, 0.2) is 5.78 Å². The first kappa shape index (κ1) is 19.5. The molecule has 1 heterocycles. The second kappa shape index (κ2) is 7.35. The number of benzene rings is 2. The minimum Gasteiger partial charge on any atom is -0.293 e. The minimum atomic E-state index is -0.402. The van der Waals surface area contributed by atoms with Crippen molar-refractivity contribution in [1.82, 2.24) is 9.78 Å². The van der Waals surface area contributed by atoms with Crippen molar-refractivity contribution in [2.45, 2.75) is 38.6 Å². The van der Waals surface area contributed by atoms with Crippen molar-refractivity contribution in [1.29, 1.82) is 5.26 Å². The van der Waals surface area contributed by atoms with Crippen LogP contribution in [-0.4, -0.2) is 15.6 Å². The van der Waals surface area contributed by atoms with E-state index in [9.17, 15) is 10.1 Å². The van der Waals surface area contributed by atoms with Crippen LogP contribution >= 0.6 is 0 Å². The lowest BCUT2D eigenvalue weighted by Gasteiger charge is -2.45. The monoisotopic (exact) mass is 407 g/mol. The maximum absolute atomic E-state index is 12.8. The van der Waals surface area contributed by atoms with Crippen molar-refractivity contribution in [3.05, 3.63) is 89.1 Å². The Morgan fingerprint density at radius 2 is 1.81 bits per heavy atom. The van der Waals surface area contributed by atoms with Crippen molar-refractivity contribution in [3.63, 3.8) is 0 Å². The standard InChI is InChI=1S/C27H25N3O/c1-18-23-14-13-22-24(20-11-7-4-8-12-20)29-30(17-19-9-5-3-6-10-19)26(22)27(23,2)15-21(16-28)25(18)31/h3-12,15,18,23H,13-14,17H2,1-2H3/t18-,23-,27?/m1/s1. The Labute approximate surface area is 182 Å². The number of hydrogen-bond acceptors (Lipinski definition) is 3. The van der Waals surface area contributed by atoms with Crippen LogP contribution in [0.2, 0.25) is 0 Å². The molecule has 3 atom stereocenters. The maximum Gasteiger partial charge on any atom is 0.176 e. The molecular formula is C27H25N3O. The summed E-state index contributed by atoms with van der Waals surface area (Å²) in [7, 11) is 0. The molecule has 0 N–H and O–H groups in total. The molecule has 0 bridgehead atoms. The molecule has 2 aliphatic rings. The molecular weight excluding hydrogens is 382 g/mol. The normalized spacial score (nSPS) is 24.7. The molecule has 1 unspecified atom stereocenters. The van der Waals surface area contributed by atoms with Crippen LogP contribution in [0.4, 0.5) is 0 Å². The molecule has 3 aromatic rings. The molecule has 4 heteroatoms. The Balaban J connectivity index is 1.75. The number of nitrogens with zero attached hydrogens (tertiary/aromatic N) is 3. The highest BCUT2D eigenvalue weighted by Crippen LogP contribution is 2.51. The zero-order chi connectivity index (χ0) is 21.6. The largest absolute Gasteiger partial charge is 0.293 e. The number of carbonyl (C=O) groups excluding carboxylic acids is 1. The highest BCUT2D eigenvalue weighted by Gasteiger charge is 2.50. The first-order valence-electron chi connectivity index (χ1n) is 10.9. The zero-order valence-corrected chi connectivity index (χ0v) is 17.9. The Morgan fingerprint density at radius 3 is 2.48 bits per heavy atom. The van der Waals surface area contributed by atoms with E-state index in [0.717, 1.165) is 29.8 Å². The van der Waals surface area contributed by atoms with E-state index >= 15 is 0 Å². The van der Waals surface area contributed by atoms with E-state index in [1.807, 2.05) is 49.4 Å². The average Bonchev–Trinajstić information content (AvgIpc) is 3.17. The lowest BCUT2D eigenvalue weighted by molar-refractivity contribution is -0.121. The van der Waals surface area contributed by atoms with Crippen LogP contribution in [0.3, 0.4) is 0 Å². The number of rotatable bonds is 3. The smallest absolute Gasteiger partial charge is 0.176 e. The fraction of sp³-hybridized carbons (Fsp3) is 0.296. The third-order valence-electron chi connectivity index (χ3n) is 7.11. The molecule has 0 amide bonds. The molecule has 2 aliphatic carbocycles. The van der Waals surface area contributed by atoms with Gasteiger partial charge in [-0.15, -0.1) is 0 Å². The molecule has 0 radical (unpaired) electrons. The van der Waals surface area contributed by atoms with E-state index in [1.54, 1.807) is 0 Å². The molecule has 154 valence electrons. The van der Waals surface area contributed by atoms with Crippen molar-refractivity contribution in [2.24, 2.45) is 11.8 Å².